The molecule has 0 fully saturated rings. The van der Waals surface area contributed by atoms with Gasteiger partial charge in [0.2, 0.25) is 0 Å². The average Bonchev–Trinajstić information content (AvgIpc) is 3.13. The van der Waals surface area contributed by atoms with Gasteiger partial charge in [0.15, 0.2) is 0 Å². The molecule has 0 radical (unpaired) electrons. The topological polar surface area (TPSA) is 24.7 Å². The van der Waals surface area contributed by atoms with E-state index in [0.29, 0.717) is 0 Å². The molecule has 0 bridgehead atoms. The molecule has 2 heterocycles. The van der Waals surface area contributed by atoms with Crippen molar-refractivity contribution in [3.63, 3.8) is 0 Å². The van der Waals surface area contributed by atoms with Crippen LogP contribution in [0.4, 0.5) is 0 Å². The first-order valence-corrected chi connectivity index (χ1v) is 11.0. The highest BCUT2D eigenvalue weighted by Crippen LogP contribution is 2.37. The molecule has 3 rings (SSSR count). The summed E-state index contributed by atoms with van der Waals surface area (Å²) in [5.74, 6) is 2.89. The van der Waals surface area contributed by atoms with Gasteiger partial charge in [-0.2, -0.15) is 0 Å². The molecule has 1 aliphatic rings. The molecule has 1 aromatic heterocycles. The van der Waals surface area contributed by atoms with Gasteiger partial charge < -0.3 is 0 Å². The fourth-order valence-corrected chi connectivity index (χ4v) is 5.35. The van der Waals surface area contributed by atoms with Crippen molar-refractivity contribution in [2.24, 2.45) is 9.98 Å². The van der Waals surface area contributed by atoms with E-state index in [0.717, 1.165) is 29.4 Å². The van der Waals surface area contributed by atoms with Crippen molar-refractivity contribution in [1.29, 1.82) is 0 Å². The summed E-state index contributed by atoms with van der Waals surface area (Å²) in [5.41, 5.74) is 1.67. The van der Waals surface area contributed by atoms with E-state index in [1.54, 1.807) is 23.1 Å². The molecule has 0 saturated heterocycles. The molecule has 6 heteroatoms. The Bertz CT molecular complexity index is 1010. The molecule has 2 aromatic rings. The third-order valence-corrected chi connectivity index (χ3v) is 7.45. The lowest BCUT2D eigenvalue weighted by atomic mass is 10.1. The Morgan fingerprint density at radius 2 is 2.00 bits per heavy atom. The number of hydrogen-bond acceptors (Lipinski definition) is 4. The Labute approximate surface area is 172 Å². The number of halogens is 2. The van der Waals surface area contributed by atoms with Crippen molar-refractivity contribution in [3.8, 4) is 22.8 Å². The van der Waals surface area contributed by atoms with Crippen LogP contribution in [0.25, 0.3) is 10.4 Å². The summed E-state index contributed by atoms with van der Waals surface area (Å²) in [6, 6.07) is 8.37. The van der Waals surface area contributed by atoms with Crippen molar-refractivity contribution in [2.75, 3.05) is 0 Å². The zero-order valence-corrected chi connectivity index (χ0v) is 18.8. The van der Waals surface area contributed by atoms with Gasteiger partial charge in [0, 0.05) is 19.8 Å². The van der Waals surface area contributed by atoms with E-state index in [4.69, 9.17) is 16.4 Å². The van der Waals surface area contributed by atoms with Crippen molar-refractivity contribution >= 4 is 55.0 Å². The molecular weight excluding hydrogens is 480 g/mol. The number of thiophene rings is 1. The third-order valence-electron chi connectivity index (χ3n) is 3.68. The highest BCUT2D eigenvalue weighted by molar-refractivity contribution is 9.14. The summed E-state index contributed by atoms with van der Waals surface area (Å²) in [5, 5.41) is 1.74. The van der Waals surface area contributed by atoms with E-state index in [1.165, 1.54) is 4.88 Å². The van der Waals surface area contributed by atoms with Gasteiger partial charge in [-0.25, -0.2) is 0 Å². The molecule has 1 aromatic carbocycles. The predicted octanol–water partition coefficient (Wildman–Crippen LogP) is 5.83. The van der Waals surface area contributed by atoms with Crippen molar-refractivity contribution in [3.05, 3.63) is 54.2 Å². The zero-order chi connectivity index (χ0) is 18.2. The van der Waals surface area contributed by atoms with Gasteiger partial charge in [-0.15, -0.1) is 17.8 Å². The third kappa shape index (κ3) is 3.95. The second kappa shape index (κ2) is 7.40. The van der Waals surface area contributed by atoms with E-state index >= 15 is 0 Å². The minimum Gasteiger partial charge on any atom is -0.254 e. The van der Waals surface area contributed by atoms with Crippen LogP contribution in [0.2, 0.25) is 0 Å². The van der Waals surface area contributed by atoms with Crippen LogP contribution in [0.3, 0.4) is 0 Å². The molecule has 0 N–H and O–H groups in total. The molecule has 128 valence electrons. The molecule has 2 nitrogen and oxygen atoms in total. The standard InChI is InChI=1S/C19H16Br2N2S2/c1-5-13(24-15(20)6-2)11-7-8-12(14-9-10-16(21)25-14)18-17(11)22-19(3,4)23-18/h1,6-10,13H,2-4H3/b15-6-. The fraction of sp³-hybridized carbons (Fsp3) is 0.263. The second-order valence-electron chi connectivity index (χ2n) is 5.98. The lowest BCUT2D eigenvalue weighted by molar-refractivity contribution is 0.548. The summed E-state index contributed by atoms with van der Waals surface area (Å²) in [6.07, 6.45) is 7.82. The van der Waals surface area contributed by atoms with Gasteiger partial charge >= 0.3 is 0 Å². The molecule has 0 spiro atoms. The number of allylic oxidation sites excluding steroid dienone is 1. The molecule has 1 atom stereocenters. The van der Waals surface area contributed by atoms with Gasteiger partial charge in [0.05, 0.1) is 19.8 Å². The largest absolute Gasteiger partial charge is 0.254 e. The molecular formula is C19H16Br2N2S2. The van der Waals surface area contributed by atoms with E-state index in [1.807, 2.05) is 26.8 Å². The maximum absolute atomic E-state index is 5.83. The number of nitrogens with zero attached hydrogens (tertiary/aromatic N) is 2. The van der Waals surface area contributed by atoms with Crippen LogP contribution in [-0.2, 0) is 0 Å². The zero-order valence-electron chi connectivity index (χ0n) is 14.0. The van der Waals surface area contributed by atoms with E-state index in [-0.39, 0.29) is 5.25 Å². The van der Waals surface area contributed by atoms with E-state index in [9.17, 15) is 0 Å². The Morgan fingerprint density at radius 3 is 2.60 bits per heavy atom. The molecule has 1 aliphatic heterocycles. The van der Waals surface area contributed by atoms with Gasteiger partial charge in [-0.1, -0.05) is 35.9 Å². The monoisotopic (exact) mass is 494 g/mol. The van der Waals surface area contributed by atoms with Gasteiger partial charge in [0.25, 0.3) is 0 Å². The SMILES string of the molecule is C#CC(S/C(Br)=C\C)c1ccc(-c2ccc(Br)s2)c2c1=NC(C)(C)N=2. The molecule has 0 saturated carbocycles. The average molecular weight is 496 g/mol. The number of thioether (sulfide) groups is 1. The van der Waals surface area contributed by atoms with Crippen LogP contribution in [0.1, 0.15) is 31.6 Å². The maximum Gasteiger partial charge on any atom is 0.146 e. The number of rotatable bonds is 4. The highest BCUT2D eigenvalue weighted by atomic mass is 79.9. The lowest BCUT2D eigenvalue weighted by Gasteiger charge is -2.11. The summed E-state index contributed by atoms with van der Waals surface area (Å²) in [6.45, 7) is 6.02. The highest BCUT2D eigenvalue weighted by Gasteiger charge is 2.25. The lowest BCUT2D eigenvalue weighted by Crippen LogP contribution is -2.28. The Hall–Kier alpha value is -0.870. The first-order chi connectivity index (χ1) is 11.8. The van der Waals surface area contributed by atoms with Gasteiger partial charge in [0.1, 0.15) is 5.66 Å². The number of fused-ring (bicyclic) bond motifs is 1. The van der Waals surface area contributed by atoms with E-state index in [2.05, 4.69) is 62.0 Å². The predicted molar refractivity (Wildman–Crippen MR) is 116 cm³/mol. The van der Waals surface area contributed by atoms with Crippen LogP contribution < -0.4 is 10.7 Å². The summed E-state index contributed by atoms with van der Waals surface area (Å²) in [4.78, 5) is 10.9. The Kier molecular flexibility index (Phi) is 5.60. The van der Waals surface area contributed by atoms with E-state index < -0.39 is 5.66 Å². The van der Waals surface area contributed by atoms with Crippen molar-refractivity contribution in [1.82, 2.24) is 0 Å². The molecule has 0 amide bonds. The van der Waals surface area contributed by atoms with Crippen LogP contribution in [0, 0.1) is 12.3 Å². The molecule has 1 unspecified atom stereocenters. The van der Waals surface area contributed by atoms with Crippen LogP contribution >= 0.6 is 55.0 Å². The minimum atomic E-state index is -0.469. The summed E-state index contributed by atoms with van der Waals surface area (Å²) < 4.78 is 2.12. The Morgan fingerprint density at radius 1 is 1.28 bits per heavy atom. The summed E-state index contributed by atoms with van der Waals surface area (Å²) in [7, 11) is 0. The van der Waals surface area contributed by atoms with Gasteiger partial charge in [-0.3, -0.25) is 9.98 Å². The maximum atomic E-state index is 5.83. The number of hydrogen-bond donors (Lipinski definition) is 0. The molecule has 25 heavy (non-hydrogen) atoms. The second-order valence-corrected chi connectivity index (χ2v) is 11.0. The quantitative estimate of drug-likeness (QED) is 0.489. The van der Waals surface area contributed by atoms with Crippen LogP contribution in [-0.4, -0.2) is 5.66 Å². The summed E-state index contributed by atoms with van der Waals surface area (Å²) >= 11 is 10.4. The van der Waals surface area contributed by atoms with Crippen LogP contribution in [0.5, 0.6) is 0 Å². The minimum absolute atomic E-state index is 0.115. The first kappa shape index (κ1) is 18.9. The fourth-order valence-electron chi connectivity index (χ4n) is 2.64. The van der Waals surface area contributed by atoms with Crippen LogP contribution in [0.15, 0.2) is 47.9 Å². The number of terminal acetylenes is 1. The molecule has 0 aliphatic carbocycles. The van der Waals surface area contributed by atoms with Crippen molar-refractivity contribution in [2.45, 2.75) is 31.7 Å². The number of benzene rings is 1. The normalized spacial score (nSPS) is 16.6. The first-order valence-electron chi connectivity index (χ1n) is 7.67. The Balaban J connectivity index is 2.22. The van der Waals surface area contributed by atoms with Crippen molar-refractivity contribution < 1.29 is 0 Å². The van der Waals surface area contributed by atoms with Gasteiger partial charge in [-0.05, 0) is 64.8 Å². The smallest absolute Gasteiger partial charge is 0.146 e.